The van der Waals surface area contributed by atoms with Crippen molar-refractivity contribution < 1.29 is 14.6 Å². The maximum Gasteiger partial charge on any atom is 0.405 e. The van der Waals surface area contributed by atoms with Gasteiger partial charge in [0, 0.05) is 6.54 Å². The summed E-state index contributed by atoms with van der Waals surface area (Å²) in [7, 11) is 0. The standard InChI is InChI=1S/C25H30N4O4/c1-18(26-25(31)32)23-27-20-12-9-13-21(33-17-16-28-14-7-2-3-8-15-28)22(20)24(30)29(23)19-10-5-4-6-11-19/h4-6,9-13,18,26H,2-3,7-8,14-17H2,1H3,(H,31,32). The molecular weight excluding hydrogens is 420 g/mol. The van der Waals surface area contributed by atoms with Crippen molar-refractivity contribution in [2.75, 3.05) is 26.2 Å². The Morgan fingerprint density at radius 3 is 2.52 bits per heavy atom. The topological polar surface area (TPSA) is 96.7 Å². The van der Waals surface area contributed by atoms with E-state index in [1.807, 2.05) is 24.3 Å². The molecule has 0 saturated carbocycles. The quantitative estimate of drug-likeness (QED) is 0.565. The van der Waals surface area contributed by atoms with Gasteiger partial charge in [0.15, 0.2) is 0 Å². The van der Waals surface area contributed by atoms with Crippen molar-refractivity contribution in [3.63, 3.8) is 0 Å². The van der Waals surface area contributed by atoms with Gasteiger partial charge in [0.25, 0.3) is 5.56 Å². The highest BCUT2D eigenvalue weighted by Crippen LogP contribution is 2.24. The number of nitrogens with zero attached hydrogens (tertiary/aromatic N) is 3. The Morgan fingerprint density at radius 2 is 1.82 bits per heavy atom. The molecule has 3 aromatic rings. The van der Waals surface area contributed by atoms with Gasteiger partial charge in [-0.15, -0.1) is 0 Å². The molecule has 4 rings (SSSR count). The van der Waals surface area contributed by atoms with E-state index in [-0.39, 0.29) is 5.56 Å². The predicted molar refractivity (Wildman–Crippen MR) is 127 cm³/mol. The summed E-state index contributed by atoms with van der Waals surface area (Å²) in [5, 5.41) is 12.0. The van der Waals surface area contributed by atoms with Crippen LogP contribution in [0.5, 0.6) is 5.75 Å². The summed E-state index contributed by atoms with van der Waals surface area (Å²) in [6, 6.07) is 13.8. The fraction of sp³-hybridized carbons (Fsp3) is 0.400. The molecule has 33 heavy (non-hydrogen) atoms. The number of hydrogen-bond acceptors (Lipinski definition) is 5. The highest BCUT2D eigenvalue weighted by molar-refractivity contribution is 5.84. The Hall–Kier alpha value is -3.39. The molecule has 0 spiro atoms. The zero-order valence-corrected chi connectivity index (χ0v) is 18.9. The number of carbonyl (C=O) groups is 1. The second kappa shape index (κ2) is 10.5. The lowest BCUT2D eigenvalue weighted by molar-refractivity contribution is 0.190. The first-order valence-corrected chi connectivity index (χ1v) is 11.5. The minimum atomic E-state index is -1.18. The van der Waals surface area contributed by atoms with Crippen LogP contribution < -0.4 is 15.6 Å². The molecule has 0 radical (unpaired) electrons. The van der Waals surface area contributed by atoms with Crippen LogP contribution in [-0.4, -0.2) is 51.9 Å². The molecule has 1 atom stereocenters. The molecule has 0 bridgehead atoms. The summed E-state index contributed by atoms with van der Waals surface area (Å²) in [5.41, 5.74) is 0.810. The summed E-state index contributed by atoms with van der Waals surface area (Å²) in [5.74, 6) is 0.817. The number of amides is 1. The van der Waals surface area contributed by atoms with Crippen LogP contribution >= 0.6 is 0 Å². The zero-order chi connectivity index (χ0) is 23.2. The monoisotopic (exact) mass is 450 g/mol. The van der Waals surface area contributed by atoms with Crippen molar-refractivity contribution in [2.24, 2.45) is 0 Å². The second-order valence-electron chi connectivity index (χ2n) is 8.37. The van der Waals surface area contributed by atoms with Crippen LogP contribution in [0, 0.1) is 0 Å². The number of hydrogen-bond donors (Lipinski definition) is 2. The lowest BCUT2D eigenvalue weighted by Crippen LogP contribution is -2.32. The highest BCUT2D eigenvalue weighted by atomic mass is 16.5. The van der Waals surface area contributed by atoms with E-state index in [4.69, 9.17) is 4.74 Å². The van der Waals surface area contributed by atoms with E-state index in [0.717, 1.165) is 19.6 Å². The van der Waals surface area contributed by atoms with Crippen molar-refractivity contribution in [3.05, 3.63) is 64.7 Å². The van der Waals surface area contributed by atoms with Gasteiger partial charge in [-0.05, 0) is 57.1 Å². The normalized spacial score (nSPS) is 15.7. The molecule has 2 aromatic carbocycles. The van der Waals surface area contributed by atoms with Crippen molar-refractivity contribution in [1.82, 2.24) is 19.8 Å². The number of ether oxygens (including phenoxy) is 1. The Bertz CT molecular complexity index is 1150. The highest BCUT2D eigenvalue weighted by Gasteiger charge is 2.21. The van der Waals surface area contributed by atoms with E-state index >= 15 is 0 Å². The largest absolute Gasteiger partial charge is 0.491 e. The van der Waals surface area contributed by atoms with Crippen LogP contribution in [0.1, 0.15) is 44.5 Å². The Kier molecular flexibility index (Phi) is 7.24. The molecule has 1 fully saturated rings. The van der Waals surface area contributed by atoms with E-state index in [1.54, 1.807) is 31.2 Å². The predicted octanol–water partition coefficient (Wildman–Crippen LogP) is 3.97. The zero-order valence-electron chi connectivity index (χ0n) is 18.9. The SMILES string of the molecule is CC(NC(=O)O)c1nc2cccc(OCCN3CCCCCC3)c2c(=O)n1-c1ccccc1. The first kappa shape index (κ1) is 22.8. The van der Waals surface area contributed by atoms with Gasteiger partial charge in [-0.3, -0.25) is 14.3 Å². The average Bonchev–Trinajstić information content (AvgIpc) is 3.08. The van der Waals surface area contributed by atoms with Crippen LogP contribution in [0.25, 0.3) is 16.6 Å². The van der Waals surface area contributed by atoms with Crippen molar-refractivity contribution >= 4 is 17.0 Å². The molecule has 8 heteroatoms. The molecule has 1 saturated heterocycles. The fourth-order valence-electron chi connectivity index (χ4n) is 4.35. The molecule has 1 unspecified atom stereocenters. The van der Waals surface area contributed by atoms with Crippen molar-refractivity contribution in [3.8, 4) is 11.4 Å². The van der Waals surface area contributed by atoms with Crippen LogP contribution in [0.15, 0.2) is 53.3 Å². The first-order chi connectivity index (χ1) is 16.0. The minimum absolute atomic E-state index is 0.286. The van der Waals surface area contributed by atoms with Gasteiger partial charge in [-0.1, -0.05) is 37.1 Å². The third kappa shape index (κ3) is 5.34. The second-order valence-corrected chi connectivity index (χ2v) is 8.37. The van der Waals surface area contributed by atoms with Gasteiger partial charge < -0.3 is 15.2 Å². The van der Waals surface area contributed by atoms with Gasteiger partial charge in [0.05, 0.1) is 17.2 Å². The van der Waals surface area contributed by atoms with E-state index in [2.05, 4.69) is 15.2 Å². The van der Waals surface area contributed by atoms with E-state index in [1.165, 1.54) is 30.3 Å². The number of likely N-dealkylation sites (tertiary alicyclic amines) is 1. The average molecular weight is 451 g/mol. The number of nitrogens with one attached hydrogen (secondary N) is 1. The molecule has 174 valence electrons. The number of fused-ring (bicyclic) bond motifs is 1. The number of carboxylic acid groups (broad SMARTS) is 1. The Morgan fingerprint density at radius 1 is 1.09 bits per heavy atom. The number of rotatable bonds is 7. The third-order valence-corrected chi connectivity index (χ3v) is 5.99. The van der Waals surface area contributed by atoms with Gasteiger partial charge in [-0.25, -0.2) is 9.78 Å². The number of para-hydroxylation sites is 1. The summed E-state index contributed by atoms with van der Waals surface area (Å²) in [4.78, 5) is 32.1. The molecule has 1 amide bonds. The minimum Gasteiger partial charge on any atom is -0.491 e. The fourth-order valence-corrected chi connectivity index (χ4v) is 4.35. The van der Waals surface area contributed by atoms with Crippen molar-refractivity contribution in [1.29, 1.82) is 0 Å². The lowest BCUT2D eigenvalue weighted by Gasteiger charge is -2.21. The van der Waals surface area contributed by atoms with Gasteiger partial charge in [0.1, 0.15) is 23.6 Å². The van der Waals surface area contributed by atoms with Crippen LogP contribution in [0.2, 0.25) is 0 Å². The lowest BCUT2D eigenvalue weighted by atomic mass is 10.2. The van der Waals surface area contributed by atoms with Crippen LogP contribution in [0.4, 0.5) is 4.79 Å². The molecule has 1 aliphatic heterocycles. The van der Waals surface area contributed by atoms with E-state index < -0.39 is 12.1 Å². The summed E-state index contributed by atoms with van der Waals surface area (Å²) >= 11 is 0. The molecule has 2 N–H and O–H groups in total. The summed E-state index contributed by atoms with van der Waals surface area (Å²) < 4.78 is 7.56. The molecular formula is C25H30N4O4. The summed E-state index contributed by atoms with van der Waals surface area (Å²) in [6.45, 7) is 5.14. The smallest absolute Gasteiger partial charge is 0.405 e. The van der Waals surface area contributed by atoms with Crippen molar-refractivity contribution in [2.45, 2.75) is 38.6 Å². The molecule has 0 aliphatic carbocycles. The van der Waals surface area contributed by atoms with Crippen LogP contribution in [0.3, 0.4) is 0 Å². The van der Waals surface area contributed by atoms with Crippen LogP contribution in [-0.2, 0) is 0 Å². The van der Waals surface area contributed by atoms with Gasteiger partial charge in [-0.2, -0.15) is 0 Å². The molecule has 2 heterocycles. The first-order valence-electron chi connectivity index (χ1n) is 11.5. The maximum atomic E-state index is 13.7. The third-order valence-electron chi connectivity index (χ3n) is 5.99. The number of benzene rings is 2. The molecule has 8 nitrogen and oxygen atoms in total. The van der Waals surface area contributed by atoms with E-state index in [0.29, 0.717) is 34.8 Å². The van der Waals surface area contributed by atoms with E-state index in [9.17, 15) is 14.7 Å². The maximum absolute atomic E-state index is 13.7. The molecule has 1 aliphatic rings. The van der Waals surface area contributed by atoms with Gasteiger partial charge >= 0.3 is 6.09 Å². The Labute approximate surface area is 192 Å². The Balaban J connectivity index is 1.71. The molecule has 1 aromatic heterocycles. The summed E-state index contributed by atoms with van der Waals surface area (Å²) in [6.07, 6.45) is 3.81. The van der Waals surface area contributed by atoms with Gasteiger partial charge in [0.2, 0.25) is 0 Å². The number of aromatic nitrogens is 2.